The Kier molecular flexibility index (Phi) is 3.57. The monoisotopic (exact) mass is 260 g/mol. The second kappa shape index (κ2) is 5.00. The van der Waals surface area contributed by atoms with Gasteiger partial charge in [-0.15, -0.1) is 0 Å². The molecule has 2 rings (SSSR count). The predicted octanol–water partition coefficient (Wildman–Crippen LogP) is 2.90. The summed E-state index contributed by atoms with van der Waals surface area (Å²) in [6.45, 7) is 4.57. The molecule has 0 spiro atoms. The number of piperidine rings is 1. The standard InChI is InChI=1S/C15H17FN2O/c1-11-4-3-5-12(13(11)16)14(19)18-8-6-15(2,10-17)7-9-18/h3-5H,6-9H2,1-2H3. The van der Waals surface area contributed by atoms with E-state index in [2.05, 4.69) is 6.07 Å². The van der Waals surface area contributed by atoms with Gasteiger partial charge in [0.25, 0.3) is 5.91 Å². The van der Waals surface area contributed by atoms with E-state index < -0.39 is 5.82 Å². The highest BCUT2D eigenvalue weighted by Gasteiger charge is 2.32. The number of aryl methyl sites for hydroxylation is 1. The summed E-state index contributed by atoms with van der Waals surface area (Å²) in [5.74, 6) is -0.720. The molecule has 0 atom stereocenters. The number of amides is 1. The van der Waals surface area contributed by atoms with Gasteiger partial charge in [-0.3, -0.25) is 4.79 Å². The third-order valence-electron chi connectivity index (χ3n) is 3.85. The number of likely N-dealkylation sites (tertiary alicyclic amines) is 1. The number of nitrogens with zero attached hydrogens (tertiary/aromatic N) is 2. The fourth-order valence-corrected chi connectivity index (χ4v) is 2.30. The molecule has 19 heavy (non-hydrogen) atoms. The maximum absolute atomic E-state index is 13.9. The first-order valence-electron chi connectivity index (χ1n) is 6.42. The summed E-state index contributed by atoms with van der Waals surface area (Å²) in [7, 11) is 0. The van der Waals surface area contributed by atoms with Crippen LogP contribution in [0.4, 0.5) is 4.39 Å². The Hall–Kier alpha value is -1.89. The molecule has 4 heteroatoms. The summed E-state index contributed by atoms with van der Waals surface area (Å²) in [4.78, 5) is 13.9. The fourth-order valence-electron chi connectivity index (χ4n) is 2.30. The second-order valence-electron chi connectivity index (χ2n) is 5.40. The van der Waals surface area contributed by atoms with Crippen LogP contribution in [-0.2, 0) is 0 Å². The zero-order chi connectivity index (χ0) is 14.0. The van der Waals surface area contributed by atoms with Gasteiger partial charge in [-0.1, -0.05) is 12.1 Å². The molecule has 1 aromatic carbocycles. The lowest BCUT2D eigenvalue weighted by atomic mass is 9.82. The Labute approximate surface area is 112 Å². The van der Waals surface area contributed by atoms with Gasteiger partial charge in [0.2, 0.25) is 0 Å². The number of halogens is 1. The van der Waals surface area contributed by atoms with E-state index in [0.717, 1.165) is 0 Å². The van der Waals surface area contributed by atoms with Crippen molar-refractivity contribution in [3.8, 4) is 6.07 Å². The SMILES string of the molecule is Cc1cccc(C(=O)N2CCC(C)(C#N)CC2)c1F. The van der Waals surface area contributed by atoms with Crippen molar-refractivity contribution in [2.45, 2.75) is 26.7 Å². The van der Waals surface area contributed by atoms with Gasteiger partial charge in [0.1, 0.15) is 5.82 Å². The van der Waals surface area contributed by atoms with Crippen molar-refractivity contribution in [1.82, 2.24) is 4.90 Å². The molecule has 0 aromatic heterocycles. The maximum Gasteiger partial charge on any atom is 0.256 e. The van der Waals surface area contributed by atoms with Gasteiger partial charge in [0, 0.05) is 13.1 Å². The van der Waals surface area contributed by atoms with Crippen LogP contribution in [0.15, 0.2) is 18.2 Å². The third kappa shape index (κ3) is 2.60. The molecule has 100 valence electrons. The van der Waals surface area contributed by atoms with Crippen LogP contribution >= 0.6 is 0 Å². The van der Waals surface area contributed by atoms with Crippen molar-refractivity contribution >= 4 is 5.91 Å². The number of benzene rings is 1. The van der Waals surface area contributed by atoms with Gasteiger partial charge in [-0.05, 0) is 38.3 Å². The molecule has 1 saturated heterocycles. The molecule has 1 aromatic rings. The van der Waals surface area contributed by atoms with Crippen LogP contribution in [0.1, 0.15) is 35.7 Å². The lowest BCUT2D eigenvalue weighted by Crippen LogP contribution is -2.42. The van der Waals surface area contributed by atoms with Gasteiger partial charge in [0.05, 0.1) is 17.0 Å². The van der Waals surface area contributed by atoms with E-state index in [-0.39, 0.29) is 16.9 Å². The minimum atomic E-state index is -0.443. The number of nitriles is 1. The van der Waals surface area contributed by atoms with Gasteiger partial charge < -0.3 is 4.90 Å². The summed E-state index contributed by atoms with van der Waals surface area (Å²) in [6, 6.07) is 7.14. The molecule has 0 bridgehead atoms. The van der Waals surface area contributed by atoms with Crippen LogP contribution in [0.3, 0.4) is 0 Å². The minimum Gasteiger partial charge on any atom is -0.338 e. The van der Waals surface area contributed by atoms with Crippen LogP contribution in [0, 0.1) is 29.5 Å². The third-order valence-corrected chi connectivity index (χ3v) is 3.85. The summed E-state index contributed by atoms with van der Waals surface area (Å²) in [5, 5.41) is 9.06. The van der Waals surface area contributed by atoms with Gasteiger partial charge in [0.15, 0.2) is 0 Å². The highest BCUT2D eigenvalue weighted by molar-refractivity contribution is 5.94. The van der Waals surface area contributed by atoms with Crippen LogP contribution < -0.4 is 0 Å². The molecular formula is C15H17FN2O. The number of rotatable bonds is 1. The van der Waals surface area contributed by atoms with Gasteiger partial charge in [-0.2, -0.15) is 5.26 Å². The topological polar surface area (TPSA) is 44.1 Å². The number of hydrogen-bond donors (Lipinski definition) is 0. The van der Waals surface area contributed by atoms with Crippen molar-refractivity contribution in [3.63, 3.8) is 0 Å². The zero-order valence-corrected chi connectivity index (χ0v) is 11.2. The first-order valence-corrected chi connectivity index (χ1v) is 6.42. The normalized spacial score (nSPS) is 17.9. The van der Waals surface area contributed by atoms with Crippen molar-refractivity contribution in [3.05, 3.63) is 35.1 Å². The van der Waals surface area contributed by atoms with E-state index in [1.54, 1.807) is 24.0 Å². The van der Waals surface area contributed by atoms with Crippen LogP contribution in [-0.4, -0.2) is 23.9 Å². The smallest absolute Gasteiger partial charge is 0.256 e. The van der Waals surface area contributed by atoms with Gasteiger partial charge in [-0.25, -0.2) is 4.39 Å². The molecule has 0 aliphatic carbocycles. The fraction of sp³-hybridized carbons (Fsp3) is 0.467. The van der Waals surface area contributed by atoms with Crippen molar-refractivity contribution < 1.29 is 9.18 Å². The van der Waals surface area contributed by atoms with E-state index in [1.165, 1.54) is 6.07 Å². The zero-order valence-electron chi connectivity index (χ0n) is 11.2. The quantitative estimate of drug-likeness (QED) is 0.779. The summed E-state index contributed by atoms with van der Waals surface area (Å²) in [6.07, 6.45) is 1.28. The Balaban J connectivity index is 2.15. The van der Waals surface area contributed by atoms with Crippen molar-refractivity contribution in [1.29, 1.82) is 5.26 Å². The molecule has 1 fully saturated rings. The number of carbonyl (C=O) groups excluding carboxylic acids is 1. The molecule has 0 unspecified atom stereocenters. The molecule has 0 radical (unpaired) electrons. The summed E-state index contributed by atoms with van der Waals surface area (Å²) in [5.41, 5.74) is 0.243. The number of hydrogen-bond acceptors (Lipinski definition) is 2. The highest BCUT2D eigenvalue weighted by Crippen LogP contribution is 2.30. The second-order valence-corrected chi connectivity index (χ2v) is 5.40. The minimum absolute atomic E-state index is 0.126. The summed E-state index contributed by atoms with van der Waals surface area (Å²) < 4.78 is 13.9. The first kappa shape index (κ1) is 13.5. The lowest BCUT2D eigenvalue weighted by molar-refractivity contribution is 0.0657. The van der Waals surface area contributed by atoms with E-state index in [9.17, 15) is 9.18 Å². The van der Waals surface area contributed by atoms with Crippen molar-refractivity contribution in [2.75, 3.05) is 13.1 Å². The van der Waals surface area contributed by atoms with Gasteiger partial charge >= 0.3 is 0 Å². The van der Waals surface area contributed by atoms with Crippen LogP contribution in [0.5, 0.6) is 0 Å². The van der Waals surface area contributed by atoms with Crippen LogP contribution in [0.2, 0.25) is 0 Å². The van der Waals surface area contributed by atoms with E-state index in [0.29, 0.717) is 31.5 Å². The summed E-state index contributed by atoms with van der Waals surface area (Å²) >= 11 is 0. The van der Waals surface area contributed by atoms with Crippen molar-refractivity contribution in [2.24, 2.45) is 5.41 Å². The molecule has 1 heterocycles. The Morgan fingerprint density at radius 1 is 1.42 bits per heavy atom. The highest BCUT2D eigenvalue weighted by atomic mass is 19.1. The average Bonchev–Trinajstić information content (AvgIpc) is 2.42. The lowest BCUT2D eigenvalue weighted by Gasteiger charge is -2.35. The Bertz CT molecular complexity index is 540. The largest absolute Gasteiger partial charge is 0.338 e. The van der Waals surface area contributed by atoms with E-state index >= 15 is 0 Å². The molecule has 1 amide bonds. The molecule has 0 N–H and O–H groups in total. The molecule has 1 aliphatic rings. The molecular weight excluding hydrogens is 243 g/mol. The average molecular weight is 260 g/mol. The van der Waals surface area contributed by atoms with Crippen LogP contribution in [0.25, 0.3) is 0 Å². The Morgan fingerprint density at radius 2 is 2.05 bits per heavy atom. The Morgan fingerprint density at radius 3 is 2.63 bits per heavy atom. The first-order chi connectivity index (χ1) is 8.97. The van der Waals surface area contributed by atoms with E-state index in [1.807, 2.05) is 6.92 Å². The molecule has 0 saturated carbocycles. The molecule has 1 aliphatic heterocycles. The maximum atomic E-state index is 13.9. The number of carbonyl (C=O) groups is 1. The van der Waals surface area contributed by atoms with E-state index in [4.69, 9.17) is 5.26 Å². The molecule has 3 nitrogen and oxygen atoms in total. The predicted molar refractivity (Wildman–Crippen MR) is 70.0 cm³/mol.